The molecule has 1 aliphatic rings. The smallest absolute Gasteiger partial charge is 0.255 e. The van der Waals surface area contributed by atoms with Crippen LogP contribution in [0.5, 0.6) is 5.75 Å². The number of fused-ring (bicyclic) bond motifs is 1. The van der Waals surface area contributed by atoms with Crippen LogP contribution in [-0.4, -0.2) is 30.1 Å². The molecule has 0 saturated carbocycles. The molecule has 0 spiro atoms. The number of carbonyl (C=O) groups is 2. The number of amides is 1. The molecule has 174 valence electrons. The van der Waals surface area contributed by atoms with Gasteiger partial charge in [0.2, 0.25) is 0 Å². The van der Waals surface area contributed by atoms with Crippen molar-refractivity contribution in [3.8, 4) is 5.75 Å². The number of hydrogen-bond donors (Lipinski definition) is 1. The zero-order chi connectivity index (χ0) is 24.5. The molecule has 0 radical (unpaired) electrons. The van der Waals surface area contributed by atoms with E-state index in [4.69, 9.17) is 32.9 Å². The number of anilines is 1. The molecular formula is C27H24Cl2N2O3. The van der Waals surface area contributed by atoms with Gasteiger partial charge in [0, 0.05) is 32.4 Å². The van der Waals surface area contributed by atoms with Crippen molar-refractivity contribution in [2.24, 2.45) is 4.99 Å². The summed E-state index contributed by atoms with van der Waals surface area (Å²) in [5.41, 5.74) is 4.03. The molecule has 0 saturated heterocycles. The van der Waals surface area contributed by atoms with Gasteiger partial charge < -0.3 is 10.1 Å². The number of methoxy groups -OCH3 is 1. The van der Waals surface area contributed by atoms with E-state index in [9.17, 15) is 9.59 Å². The summed E-state index contributed by atoms with van der Waals surface area (Å²) >= 11 is 12.0. The number of benzene rings is 3. The Morgan fingerprint density at radius 3 is 2.29 bits per heavy atom. The van der Waals surface area contributed by atoms with Gasteiger partial charge in [0.1, 0.15) is 5.75 Å². The average Bonchev–Trinajstić information content (AvgIpc) is 2.78. The van der Waals surface area contributed by atoms with E-state index in [1.54, 1.807) is 49.6 Å². The maximum absolute atomic E-state index is 13.1. The van der Waals surface area contributed by atoms with Crippen molar-refractivity contribution in [1.82, 2.24) is 0 Å². The highest BCUT2D eigenvalue weighted by atomic mass is 35.5. The summed E-state index contributed by atoms with van der Waals surface area (Å²) in [6, 6.07) is 17.4. The van der Waals surface area contributed by atoms with Crippen LogP contribution in [0.1, 0.15) is 52.1 Å². The zero-order valence-corrected chi connectivity index (χ0v) is 20.6. The number of aliphatic imine (C=N–C) groups is 1. The predicted molar refractivity (Wildman–Crippen MR) is 137 cm³/mol. The van der Waals surface area contributed by atoms with Gasteiger partial charge >= 0.3 is 0 Å². The summed E-state index contributed by atoms with van der Waals surface area (Å²) in [6.45, 7) is 4.13. The summed E-state index contributed by atoms with van der Waals surface area (Å²) in [7, 11) is 1.62. The van der Waals surface area contributed by atoms with E-state index in [0.29, 0.717) is 26.9 Å². The Bertz CT molecular complexity index is 1280. The fourth-order valence-electron chi connectivity index (χ4n) is 4.05. The van der Waals surface area contributed by atoms with E-state index < -0.39 is 0 Å². The lowest BCUT2D eigenvalue weighted by Gasteiger charge is -2.29. The fourth-order valence-corrected chi connectivity index (χ4v) is 4.58. The molecule has 0 unspecified atom stereocenters. The van der Waals surface area contributed by atoms with Gasteiger partial charge in [-0.2, -0.15) is 0 Å². The third kappa shape index (κ3) is 5.49. The Hall–Kier alpha value is -3.15. The van der Waals surface area contributed by atoms with Gasteiger partial charge in [-0.25, -0.2) is 0 Å². The zero-order valence-electron chi connectivity index (χ0n) is 19.1. The van der Waals surface area contributed by atoms with Gasteiger partial charge in [0.15, 0.2) is 5.78 Å². The number of nitrogens with one attached hydrogen (secondary N) is 1. The van der Waals surface area contributed by atoms with Crippen LogP contribution in [0.15, 0.2) is 65.7 Å². The molecule has 0 bridgehead atoms. The van der Waals surface area contributed by atoms with Crippen LogP contribution in [-0.2, 0) is 6.42 Å². The monoisotopic (exact) mass is 494 g/mol. The maximum atomic E-state index is 13.1. The van der Waals surface area contributed by atoms with E-state index in [1.807, 2.05) is 18.2 Å². The Labute approximate surface area is 208 Å². The van der Waals surface area contributed by atoms with Crippen LogP contribution >= 0.6 is 23.2 Å². The molecule has 5 nitrogen and oxygen atoms in total. The van der Waals surface area contributed by atoms with Gasteiger partial charge in [0.25, 0.3) is 5.91 Å². The molecule has 0 aromatic heterocycles. The summed E-state index contributed by atoms with van der Waals surface area (Å²) in [5.74, 6) is 0.345. The molecular weight excluding hydrogens is 471 g/mol. The van der Waals surface area contributed by atoms with Gasteiger partial charge in [-0.15, -0.1) is 0 Å². The minimum absolute atomic E-state index is 0.0512. The largest absolute Gasteiger partial charge is 0.497 e. The van der Waals surface area contributed by atoms with Crippen LogP contribution in [0, 0.1) is 0 Å². The number of hydrogen-bond acceptors (Lipinski definition) is 4. The summed E-state index contributed by atoms with van der Waals surface area (Å²) in [6.07, 6.45) is 0.979. The van der Waals surface area contributed by atoms with Crippen molar-refractivity contribution in [2.75, 3.05) is 12.4 Å². The molecule has 4 rings (SSSR count). The molecule has 1 N–H and O–H groups in total. The summed E-state index contributed by atoms with van der Waals surface area (Å²) < 4.78 is 5.37. The number of nitrogens with zero attached hydrogens (tertiary/aromatic N) is 1. The number of halogens is 2. The first-order valence-electron chi connectivity index (χ1n) is 10.8. The predicted octanol–water partition coefficient (Wildman–Crippen LogP) is 6.65. The molecule has 0 aliphatic carbocycles. The standard InChI is InChI=1S/C27H24Cl2N2O3/c1-27(2)15-17-6-9-22(34-3)13-23(17)24(31-27)14-25(32)16-4-7-21(8-5-16)30-26(33)18-10-19(28)12-20(29)11-18/h4-13H,14-15H2,1-3H3,(H,30,33). The highest BCUT2D eigenvalue weighted by Gasteiger charge is 2.28. The lowest BCUT2D eigenvalue weighted by molar-refractivity contribution is 0.0998. The van der Waals surface area contributed by atoms with Crippen molar-refractivity contribution < 1.29 is 14.3 Å². The van der Waals surface area contributed by atoms with Crippen LogP contribution in [0.2, 0.25) is 10.0 Å². The molecule has 3 aromatic rings. The lowest BCUT2D eigenvalue weighted by Crippen LogP contribution is -2.30. The average molecular weight is 495 g/mol. The Morgan fingerprint density at radius 1 is 0.971 bits per heavy atom. The first-order valence-corrected chi connectivity index (χ1v) is 11.6. The third-order valence-corrected chi connectivity index (χ3v) is 6.04. The van der Waals surface area contributed by atoms with Crippen molar-refractivity contribution in [3.63, 3.8) is 0 Å². The van der Waals surface area contributed by atoms with Crippen molar-refractivity contribution in [2.45, 2.75) is 32.2 Å². The van der Waals surface area contributed by atoms with E-state index in [1.165, 1.54) is 0 Å². The third-order valence-electron chi connectivity index (χ3n) is 5.61. The number of rotatable bonds is 6. The number of carbonyl (C=O) groups excluding carboxylic acids is 2. The van der Waals surface area contributed by atoms with E-state index in [0.717, 1.165) is 29.0 Å². The topological polar surface area (TPSA) is 67.8 Å². The molecule has 0 fully saturated rings. The van der Waals surface area contributed by atoms with E-state index in [2.05, 4.69) is 19.2 Å². The second-order valence-corrected chi connectivity index (χ2v) is 9.73. The minimum Gasteiger partial charge on any atom is -0.497 e. The molecule has 3 aromatic carbocycles. The second kappa shape index (κ2) is 9.61. The van der Waals surface area contributed by atoms with Crippen LogP contribution in [0.3, 0.4) is 0 Å². The molecule has 1 aliphatic heterocycles. The van der Waals surface area contributed by atoms with Gasteiger partial charge in [-0.05, 0) is 80.4 Å². The molecule has 1 amide bonds. The number of Topliss-reactive ketones (excluding diaryl/α,β-unsaturated/α-hetero) is 1. The molecule has 0 atom stereocenters. The van der Waals surface area contributed by atoms with Gasteiger partial charge in [-0.1, -0.05) is 29.3 Å². The molecule has 7 heteroatoms. The highest BCUT2D eigenvalue weighted by Crippen LogP contribution is 2.31. The Kier molecular flexibility index (Phi) is 6.78. The van der Waals surface area contributed by atoms with Crippen LogP contribution in [0.25, 0.3) is 0 Å². The maximum Gasteiger partial charge on any atom is 0.255 e. The van der Waals surface area contributed by atoms with Crippen LogP contribution < -0.4 is 10.1 Å². The fraction of sp³-hybridized carbons (Fsp3) is 0.222. The van der Waals surface area contributed by atoms with Gasteiger partial charge in [0.05, 0.1) is 24.8 Å². The quantitative estimate of drug-likeness (QED) is 0.390. The first-order chi connectivity index (χ1) is 16.1. The highest BCUT2D eigenvalue weighted by molar-refractivity contribution is 6.35. The number of ether oxygens (including phenoxy) is 1. The summed E-state index contributed by atoms with van der Waals surface area (Å²) in [4.78, 5) is 30.5. The number of ketones is 1. The Morgan fingerprint density at radius 2 is 1.65 bits per heavy atom. The lowest BCUT2D eigenvalue weighted by atomic mass is 9.85. The second-order valence-electron chi connectivity index (χ2n) is 8.86. The van der Waals surface area contributed by atoms with Gasteiger partial charge in [-0.3, -0.25) is 14.6 Å². The van der Waals surface area contributed by atoms with E-state index in [-0.39, 0.29) is 23.7 Å². The normalized spacial score (nSPS) is 14.1. The molecule has 1 heterocycles. The van der Waals surface area contributed by atoms with E-state index >= 15 is 0 Å². The van der Waals surface area contributed by atoms with Crippen molar-refractivity contribution >= 4 is 46.3 Å². The van der Waals surface area contributed by atoms with Crippen molar-refractivity contribution in [1.29, 1.82) is 0 Å². The Balaban J connectivity index is 1.50. The molecule has 34 heavy (non-hydrogen) atoms. The SMILES string of the molecule is COc1ccc2c(c1)C(CC(=O)c1ccc(NC(=O)c3cc(Cl)cc(Cl)c3)cc1)=NC(C)(C)C2. The van der Waals surface area contributed by atoms with Crippen LogP contribution in [0.4, 0.5) is 5.69 Å². The summed E-state index contributed by atoms with van der Waals surface area (Å²) in [5, 5.41) is 3.55. The van der Waals surface area contributed by atoms with Crippen molar-refractivity contribution in [3.05, 3.63) is 93.0 Å². The first kappa shape index (κ1) is 24.0. The minimum atomic E-state index is -0.340.